The standard InChI is InChI=1S/C44H60N2O10S/c1-28(47)55-35-15-17-42(6)33(39(35,2)3)14-18-44(8)36(42)32(48)26-30-31-27-41(5,20-19-40(31,4)21-22-43(30,44)7)34(49)16-23-53-24-25-54-37-38(46(50)56-45-37)57(51,52)29-12-10-9-11-13-29/h9-13,26,31,33,35-36H,14-25,27H2,1-8H3/t31-,33-,35-,36+,40+,41-,42-,43+,44+/m0/s1. The average Bonchev–Trinajstić information content (AvgIpc) is 3.53. The molecular weight excluding hydrogens is 749 g/mol. The van der Waals surface area contributed by atoms with Crippen molar-refractivity contribution < 1.29 is 46.5 Å². The summed E-state index contributed by atoms with van der Waals surface area (Å²) in [4.78, 5) is 40.6. The summed E-state index contributed by atoms with van der Waals surface area (Å²) in [6.45, 7) is 17.6. The van der Waals surface area contributed by atoms with Crippen LogP contribution in [0.1, 0.15) is 120 Å². The summed E-state index contributed by atoms with van der Waals surface area (Å²) in [5, 5.41) is 14.9. The number of aromatic nitrogens is 2. The minimum absolute atomic E-state index is 0.00381. The van der Waals surface area contributed by atoms with Gasteiger partial charge in [0.1, 0.15) is 18.5 Å². The van der Waals surface area contributed by atoms with Crippen LogP contribution in [0, 0.1) is 55.5 Å². The smallest absolute Gasteiger partial charge is 0.415 e. The third kappa shape index (κ3) is 6.57. The van der Waals surface area contributed by atoms with Crippen LogP contribution in [0.2, 0.25) is 0 Å². The lowest BCUT2D eigenvalue weighted by Gasteiger charge is -2.70. The normalized spacial score (nSPS) is 37.1. The SMILES string of the molecule is CC(=O)O[C@H]1CC[C@]2(C)[C@H]3C(=O)C=C4[C@@H]5C[C@@](C)(C(=O)CCOCCOc6no[n+]([O-])c6S(=O)(=O)c6ccccc6)CC[C@]5(C)CC[C@@]4(C)[C@]3(C)CC[C@H]2C1(C)C. The van der Waals surface area contributed by atoms with E-state index < -0.39 is 26.2 Å². The van der Waals surface area contributed by atoms with E-state index in [4.69, 9.17) is 14.2 Å². The summed E-state index contributed by atoms with van der Waals surface area (Å²) in [6.07, 6.45) is 10.1. The highest BCUT2D eigenvalue weighted by atomic mass is 32.2. The van der Waals surface area contributed by atoms with Gasteiger partial charge < -0.3 is 19.4 Å². The summed E-state index contributed by atoms with van der Waals surface area (Å²) in [6, 6.07) is 7.47. The van der Waals surface area contributed by atoms with Gasteiger partial charge >= 0.3 is 16.9 Å². The van der Waals surface area contributed by atoms with Crippen LogP contribution in [-0.4, -0.2) is 57.0 Å². The van der Waals surface area contributed by atoms with Crippen LogP contribution >= 0.6 is 0 Å². The predicted molar refractivity (Wildman–Crippen MR) is 208 cm³/mol. The number of ether oxygens (including phenoxy) is 3. The highest BCUT2D eigenvalue weighted by Crippen LogP contribution is 2.75. The van der Waals surface area contributed by atoms with Gasteiger partial charge in [0, 0.05) is 30.1 Å². The van der Waals surface area contributed by atoms with E-state index in [1.807, 2.05) is 6.08 Å². The van der Waals surface area contributed by atoms with Crippen molar-refractivity contribution in [2.24, 2.45) is 50.2 Å². The topological polar surface area (TPSA) is 166 Å². The number of hydrogen-bond donors (Lipinski definition) is 0. The largest absolute Gasteiger partial charge is 0.462 e. The number of ketones is 2. The highest BCUT2D eigenvalue weighted by Gasteiger charge is 2.70. The fourth-order valence-electron chi connectivity index (χ4n) is 12.8. The maximum Gasteiger partial charge on any atom is 0.415 e. The quantitative estimate of drug-likeness (QED) is 0.126. The number of allylic oxidation sites excluding steroid dienone is 2. The first-order valence-electron chi connectivity index (χ1n) is 20.7. The number of carbonyl (C=O) groups is 3. The number of carbonyl (C=O) groups excluding carboxylic acids is 3. The molecule has 5 aliphatic carbocycles. The Hall–Kier alpha value is -3.58. The number of nitrogens with zero attached hydrogens (tertiary/aromatic N) is 2. The van der Waals surface area contributed by atoms with E-state index in [9.17, 15) is 28.0 Å². The molecule has 0 radical (unpaired) electrons. The van der Waals surface area contributed by atoms with E-state index in [0.29, 0.717) is 6.42 Å². The molecule has 9 atom stereocenters. The Morgan fingerprint density at radius 3 is 2.33 bits per heavy atom. The maximum absolute atomic E-state index is 14.8. The van der Waals surface area contributed by atoms with E-state index in [0.717, 1.165) is 51.4 Å². The van der Waals surface area contributed by atoms with E-state index >= 15 is 0 Å². The molecule has 0 aliphatic heterocycles. The molecule has 7 rings (SSSR count). The van der Waals surface area contributed by atoms with Crippen LogP contribution in [-0.2, 0) is 33.7 Å². The number of sulfone groups is 1. The first-order chi connectivity index (χ1) is 26.6. The van der Waals surface area contributed by atoms with Crippen molar-refractivity contribution in [2.45, 2.75) is 136 Å². The fourth-order valence-corrected chi connectivity index (χ4v) is 14.1. The van der Waals surface area contributed by atoms with E-state index in [1.165, 1.54) is 24.6 Å². The van der Waals surface area contributed by atoms with Gasteiger partial charge in [-0.05, 0) is 114 Å². The summed E-state index contributed by atoms with van der Waals surface area (Å²) in [5.74, 6) is -0.0967. The van der Waals surface area contributed by atoms with Gasteiger partial charge in [-0.2, -0.15) is 0 Å². The van der Waals surface area contributed by atoms with Crippen molar-refractivity contribution >= 4 is 27.4 Å². The van der Waals surface area contributed by atoms with Crippen LogP contribution in [0.4, 0.5) is 0 Å². The average molecular weight is 809 g/mol. The molecule has 2 aromatic rings. The number of hydrogen-bond acceptors (Lipinski definition) is 11. The second-order valence-electron chi connectivity index (χ2n) is 19.7. The molecule has 0 unspecified atom stereocenters. The van der Waals surface area contributed by atoms with Crippen molar-refractivity contribution in [3.63, 3.8) is 0 Å². The Morgan fingerprint density at radius 2 is 1.63 bits per heavy atom. The minimum Gasteiger partial charge on any atom is -0.462 e. The molecule has 0 N–H and O–H groups in total. The Labute approximate surface area is 336 Å². The van der Waals surface area contributed by atoms with Crippen LogP contribution < -0.4 is 9.64 Å². The molecule has 1 aromatic carbocycles. The number of Topliss-reactive ketones (excluding diaryl/α,β-unsaturated/α-hetero) is 1. The predicted octanol–water partition coefficient (Wildman–Crippen LogP) is 7.41. The third-order valence-corrected chi connectivity index (χ3v) is 18.0. The van der Waals surface area contributed by atoms with E-state index in [1.54, 1.807) is 18.2 Å². The molecule has 12 nitrogen and oxygen atoms in total. The number of benzene rings is 1. The molecule has 0 amide bonds. The van der Waals surface area contributed by atoms with Crippen molar-refractivity contribution in [3.05, 3.63) is 47.2 Å². The maximum atomic E-state index is 14.8. The minimum atomic E-state index is -4.24. The monoisotopic (exact) mass is 808 g/mol. The van der Waals surface area contributed by atoms with Crippen molar-refractivity contribution in [3.8, 4) is 5.88 Å². The first-order valence-corrected chi connectivity index (χ1v) is 22.2. The zero-order chi connectivity index (χ0) is 41.4. The number of esters is 1. The number of rotatable bonds is 11. The molecule has 0 spiro atoms. The highest BCUT2D eigenvalue weighted by molar-refractivity contribution is 7.91. The molecule has 4 fully saturated rings. The summed E-state index contributed by atoms with van der Waals surface area (Å²) in [5.41, 5.74) is -0.187. The van der Waals surface area contributed by atoms with Gasteiger partial charge in [0.15, 0.2) is 5.78 Å². The van der Waals surface area contributed by atoms with Gasteiger partial charge in [0.05, 0.1) is 23.3 Å². The lowest BCUT2D eigenvalue weighted by Crippen LogP contribution is -2.66. The zero-order valence-electron chi connectivity index (χ0n) is 34.9. The third-order valence-electron chi connectivity index (χ3n) is 16.3. The lowest BCUT2D eigenvalue weighted by atomic mass is 9.33. The van der Waals surface area contributed by atoms with Gasteiger partial charge in [0.2, 0.25) is 0 Å². The zero-order valence-corrected chi connectivity index (χ0v) is 35.7. The lowest BCUT2D eigenvalue weighted by molar-refractivity contribution is -0.832. The Morgan fingerprint density at radius 1 is 0.930 bits per heavy atom. The Balaban J connectivity index is 1.02. The molecule has 312 valence electrons. The fraction of sp³-hybridized carbons (Fsp3) is 0.705. The second kappa shape index (κ2) is 14.3. The van der Waals surface area contributed by atoms with Gasteiger partial charge in [-0.25, -0.2) is 8.42 Å². The molecule has 5 aliphatic rings. The molecule has 1 aromatic heterocycles. The molecule has 1 heterocycles. The van der Waals surface area contributed by atoms with E-state index in [-0.39, 0.29) is 105 Å². The second-order valence-corrected chi connectivity index (χ2v) is 21.6. The Kier molecular flexibility index (Phi) is 10.4. The molecule has 13 heteroatoms. The van der Waals surface area contributed by atoms with Crippen molar-refractivity contribution in [1.29, 1.82) is 0 Å². The van der Waals surface area contributed by atoms with Gasteiger partial charge in [-0.1, -0.05) is 72.2 Å². The number of fused-ring (bicyclic) bond motifs is 7. The van der Waals surface area contributed by atoms with Crippen molar-refractivity contribution in [1.82, 2.24) is 5.16 Å². The van der Waals surface area contributed by atoms with Crippen LogP contribution in [0.3, 0.4) is 0 Å². The van der Waals surface area contributed by atoms with E-state index in [2.05, 4.69) is 58.3 Å². The first kappa shape index (κ1) is 41.6. The van der Waals surface area contributed by atoms with Gasteiger partial charge in [-0.15, -0.1) is 0 Å². The molecule has 0 saturated heterocycles. The van der Waals surface area contributed by atoms with Gasteiger partial charge in [0.25, 0.3) is 9.84 Å². The Bertz CT molecular complexity index is 2060. The summed E-state index contributed by atoms with van der Waals surface area (Å²) in [7, 11) is -4.24. The molecular formula is C44H60N2O10S. The molecule has 0 bridgehead atoms. The van der Waals surface area contributed by atoms with Crippen molar-refractivity contribution in [2.75, 3.05) is 19.8 Å². The van der Waals surface area contributed by atoms with Crippen LogP contribution in [0.15, 0.2) is 56.5 Å². The summed E-state index contributed by atoms with van der Waals surface area (Å²) < 4.78 is 47.8. The van der Waals surface area contributed by atoms with Crippen LogP contribution in [0.25, 0.3) is 0 Å². The summed E-state index contributed by atoms with van der Waals surface area (Å²) >= 11 is 0. The molecule has 57 heavy (non-hydrogen) atoms. The molecule has 4 saturated carbocycles. The van der Waals surface area contributed by atoms with Gasteiger partial charge in [-0.3, -0.25) is 19.0 Å². The van der Waals surface area contributed by atoms with Crippen LogP contribution in [0.5, 0.6) is 5.88 Å².